The van der Waals surface area contributed by atoms with E-state index in [-0.39, 0.29) is 17.9 Å². The third-order valence-corrected chi connectivity index (χ3v) is 5.48. The number of ether oxygens (including phenoxy) is 1. The van der Waals surface area contributed by atoms with E-state index in [0.29, 0.717) is 11.7 Å². The number of allylic oxidation sites excluding steroid dienone is 1. The number of carbonyl (C=O) groups is 1. The lowest BCUT2D eigenvalue weighted by Gasteiger charge is -2.24. The highest BCUT2D eigenvalue weighted by Gasteiger charge is 2.25. The predicted octanol–water partition coefficient (Wildman–Crippen LogP) is 4.99. The fraction of sp³-hybridized carbons (Fsp3) is 0.0741. The van der Waals surface area contributed by atoms with Crippen molar-refractivity contribution < 1.29 is 9.53 Å². The van der Waals surface area contributed by atoms with E-state index in [1.807, 2.05) is 72.8 Å². The van der Waals surface area contributed by atoms with Crippen LogP contribution >= 0.6 is 0 Å². The Balaban J connectivity index is 1.41. The van der Waals surface area contributed by atoms with Gasteiger partial charge in [-0.3, -0.25) is 10.1 Å². The van der Waals surface area contributed by atoms with Gasteiger partial charge in [-0.2, -0.15) is 4.98 Å². The van der Waals surface area contributed by atoms with Gasteiger partial charge in [0.2, 0.25) is 5.95 Å². The second kappa shape index (κ2) is 9.46. The second-order valence-corrected chi connectivity index (χ2v) is 7.70. The molecular formula is C27H23N5O2. The SMILES string of the molecule is COc1ccccc1C=CC(=O)Nc1nc2n(n1)C(c1ccccc1)C=C(c1ccccc1)N2. The van der Waals surface area contributed by atoms with Crippen LogP contribution in [0.5, 0.6) is 5.75 Å². The van der Waals surface area contributed by atoms with Crippen molar-refractivity contribution >= 4 is 29.6 Å². The average molecular weight is 450 g/mol. The zero-order valence-corrected chi connectivity index (χ0v) is 18.6. The summed E-state index contributed by atoms with van der Waals surface area (Å²) in [5.74, 6) is 1.14. The number of nitrogens with zero attached hydrogens (tertiary/aromatic N) is 3. The summed E-state index contributed by atoms with van der Waals surface area (Å²) in [4.78, 5) is 17.1. The zero-order valence-electron chi connectivity index (χ0n) is 18.6. The molecule has 1 atom stereocenters. The number of carbonyl (C=O) groups excluding carboxylic acids is 1. The molecule has 2 N–H and O–H groups in total. The van der Waals surface area contributed by atoms with Crippen molar-refractivity contribution in [2.24, 2.45) is 0 Å². The number of benzene rings is 3. The molecule has 7 nitrogen and oxygen atoms in total. The van der Waals surface area contributed by atoms with Gasteiger partial charge in [0.15, 0.2) is 0 Å². The molecule has 1 aromatic heterocycles. The highest BCUT2D eigenvalue weighted by Crippen LogP contribution is 2.33. The summed E-state index contributed by atoms with van der Waals surface area (Å²) in [6.45, 7) is 0. The summed E-state index contributed by atoms with van der Waals surface area (Å²) in [6.07, 6.45) is 5.25. The molecule has 0 fully saturated rings. The molecule has 0 saturated carbocycles. The molecule has 0 spiro atoms. The van der Waals surface area contributed by atoms with Crippen molar-refractivity contribution in [3.63, 3.8) is 0 Å². The molecule has 0 aliphatic carbocycles. The van der Waals surface area contributed by atoms with E-state index in [9.17, 15) is 4.79 Å². The molecule has 1 unspecified atom stereocenters. The summed E-state index contributed by atoms with van der Waals surface area (Å²) in [7, 11) is 1.60. The third kappa shape index (κ3) is 4.45. The van der Waals surface area contributed by atoms with Crippen LogP contribution < -0.4 is 15.4 Å². The van der Waals surface area contributed by atoms with E-state index < -0.39 is 0 Å². The number of fused-ring (bicyclic) bond motifs is 1. The van der Waals surface area contributed by atoms with Crippen molar-refractivity contribution in [3.8, 4) is 5.75 Å². The lowest BCUT2D eigenvalue weighted by molar-refractivity contribution is -0.111. The van der Waals surface area contributed by atoms with Gasteiger partial charge in [-0.25, -0.2) is 4.68 Å². The Labute approximate surface area is 197 Å². The number of methoxy groups -OCH3 is 1. The molecule has 1 amide bonds. The molecule has 34 heavy (non-hydrogen) atoms. The Morgan fingerprint density at radius 1 is 1.00 bits per heavy atom. The maximum Gasteiger partial charge on any atom is 0.250 e. The fourth-order valence-corrected chi connectivity index (χ4v) is 3.84. The first-order chi connectivity index (χ1) is 16.7. The Morgan fingerprint density at radius 3 is 2.47 bits per heavy atom. The molecule has 0 bridgehead atoms. The van der Waals surface area contributed by atoms with Crippen LogP contribution in [0.15, 0.2) is 97.1 Å². The Kier molecular flexibility index (Phi) is 5.90. The normalized spacial score (nSPS) is 14.7. The minimum Gasteiger partial charge on any atom is -0.496 e. The standard InChI is InChI=1S/C27H23N5O2/c1-34-24-15-9-8-14-21(24)16-17-25(33)29-26-30-27-28-22(19-10-4-2-5-11-19)18-23(32(27)31-26)20-12-6-3-7-13-20/h2-18,23H,1H3,(H2,28,29,30,31,33). The quantitative estimate of drug-likeness (QED) is 0.405. The van der Waals surface area contributed by atoms with Gasteiger partial charge in [0.05, 0.1) is 7.11 Å². The number of para-hydroxylation sites is 1. The number of anilines is 2. The summed E-state index contributed by atoms with van der Waals surface area (Å²) >= 11 is 0. The van der Waals surface area contributed by atoms with Crippen LogP contribution in [-0.2, 0) is 4.79 Å². The lowest BCUT2D eigenvalue weighted by Crippen LogP contribution is -2.20. The molecule has 1 aliphatic rings. The van der Waals surface area contributed by atoms with Gasteiger partial charge < -0.3 is 10.1 Å². The van der Waals surface area contributed by atoms with Crippen LogP contribution in [0.4, 0.5) is 11.9 Å². The van der Waals surface area contributed by atoms with Crippen LogP contribution in [0.25, 0.3) is 11.8 Å². The first-order valence-electron chi connectivity index (χ1n) is 10.9. The number of nitrogens with one attached hydrogen (secondary N) is 2. The molecule has 0 saturated heterocycles. The maximum atomic E-state index is 12.6. The van der Waals surface area contributed by atoms with Gasteiger partial charge in [-0.05, 0) is 29.3 Å². The number of aromatic nitrogens is 3. The Morgan fingerprint density at radius 2 is 1.71 bits per heavy atom. The van der Waals surface area contributed by atoms with Crippen LogP contribution in [0.3, 0.4) is 0 Å². The van der Waals surface area contributed by atoms with Crippen molar-refractivity contribution in [1.82, 2.24) is 14.8 Å². The minimum absolute atomic E-state index is 0.171. The van der Waals surface area contributed by atoms with Crippen molar-refractivity contribution in [2.75, 3.05) is 17.7 Å². The van der Waals surface area contributed by atoms with Gasteiger partial charge in [-0.15, -0.1) is 5.10 Å². The molecule has 5 rings (SSSR count). The smallest absolute Gasteiger partial charge is 0.250 e. The van der Waals surface area contributed by atoms with Gasteiger partial charge >= 0.3 is 0 Å². The van der Waals surface area contributed by atoms with Crippen LogP contribution in [0.2, 0.25) is 0 Å². The fourth-order valence-electron chi connectivity index (χ4n) is 3.84. The van der Waals surface area contributed by atoms with E-state index in [0.717, 1.165) is 22.4 Å². The van der Waals surface area contributed by atoms with E-state index in [1.165, 1.54) is 6.08 Å². The third-order valence-electron chi connectivity index (χ3n) is 5.48. The maximum absolute atomic E-state index is 12.6. The van der Waals surface area contributed by atoms with Gasteiger partial charge in [0, 0.05) is 17.3 Å². The molecule has 7 heteroatoms. The van der Waals surface area contributed by atoms with E-state index in [4.69, 9.17) is 4.74 Å². The largest absolute Gasteiger partial charge is 0.496 e. The van der Waals surface area contributed by atoms with Gasteiger partial charge in [0.25, 0.3) is 11.9 Å². The zero-order chi connectivity index (χ0) is 23.3. The molecule has 0 radical (unpaired) electrons. The van der Waals surface area contributed by atoms with E-state index >= 15 is 0 Å². The predicted molar refractivity (Wildman–Crippen MR) is 133 cm³/mol. The summed E-state index contributed by atoms with van der Waals surface area (Å²) in [5.41, 5.74) is 3.85. The molecular weight excluding hydrogens is 426 g/mol. The highest BCUT2D eigenvalue weighted by molar-refractivity contribution is 6.01. The number of hydrogen-bond acceptors (Lipinski definition) is 5. The molecule has 168 valence electrons. The van der Waals surface area contributed by atoms with E-state index in [1.54, 1.807) is 17.9 Å². The molecule has 3 aromatic carbocycles. The second-order valence-electron chi connectivity index (χ2n) is 7.70. The average Bonchev–Trinajstić information content (AvgIpc) is 3.30. The molecule has 2 heterocycles. The van der Waals surface area contributed by atoms with Crippen LogP contribution in [0.1, 0.15) is 22.7 Å². The first-order valence-corrected chi connectivity index (χ1v) is 10.9. The van der Waals surface area contributed by atoms with Gasteiger partial charge in [0.1, 0.15) is 11.8 Å². The van der Waals surface area contributed by atoms with Gasteiger partial charge in [-0.1, -0.05) is 78.9 Å². The van der Waals surface area contributed by atoms with Crippen molar-refractivity contribution in [1.29, 1.82) is 0 Å². The Bertz CT molecular complexity index is 1360. The summed E-state index contributed by atoms with van der Waals surface area (Å²) in [5, 5.41) is 10.7. The highest BCUT2D eigenvalue weighted by atomic mass is 16.5. The first kappa shape index (κ1) is 21.2. The monoisotopic (exact) mass is 449 g/mol. The van der Waals surface area contributed by atoms with Crippen molar-refractivity contribution in [3.05, 3.63) is 114 Å². The lowest BCUT2D eigenvalue weighted by atomic mass is 10.0. The summed E-state index contributed by atoms with van der Waals surface area (Å²) in [6, 6.07) is 27.4. The number of rotatable bonds is 6. The number of hydrogen-bond donors (Lipinski definition) is 2. The van der Waals surface area contributed by atoms with Crippen LogP contribution in [-0.4, -0.2) is 27.8 Å². The minimum atomic E-state index is -0.332. The molecule has 1 aliphatic heterocycles. The van der Waals surface area contributed by atoms with E-state index in [2.05, 4.69) is 38.9 Å². The van der Waals surface area contributed by atoms with Crippen LogP contribution in [0, 0.1) is 0 Å². The van der Waals surface area contributed by atoms with Crippen molar-refractivity contribution in [2.45, 2.75) is 6.04 Å². The number of amides is 1. The Hall–Kier alpha value is -4.65. The molecule has 4 aromatic rings. The summed E-state index contributed by atoms with van der Waals surface area (Å²) < 4.78 is 7.11. The topological polar surface area (TPSA) is 81.1 Å².